The van der Waals surface area contributed by atoms with Crippen LogP contribution in [0.3, 0.4) is 0 Å². The maximum absolute atomic E-state index is 12.0. The molecule has 0 saturated carbocycles. The van der Waals surface area contributed by atoms with Gasteiger partial charge in [0.15, 0.2) is 0 Å². The average Bonchev–Trinajstić information content (AvgIpc) is 2.76. The lowest BCUT2D eigenvalue weighted by molar-refractivity contribution is -0.120. The van der Waals surface area contributed by atoms with Crippen LogP contribution in [0, 0.1) is 5.92 Å². The Labute approximate surface area is 99.5 Å². The van der Waals surface area contributed by atoms with Crippen LogP contribution in [-0.2, 0) is 9.53 Å². The van der Waals surface area contributed by atoms with Gasteiger partial charge in [-0.25, -0.2) is 0 Å². The Morgan fingerprint density at radius 3 is 3.12 bits per heavy atom. The van der Waals surface area contributed by atoms with Crippen molar-refractivity contribution in [1.82, 2.24) is 0 Å². The molecule has 5 nitrogen and oxygen atoms in total. The number of nitrogens with one attached hydrogen (secondary N) is 1. The highest BCUT2D eigenvalue weighted by molar-refractivity contribution is 5.99. The largest absolute Gasteiger partial charge is 0.399 e. The van der Waals surface area contributed by atoms with Gasteiger partial charge in [0.1, 0.15) is 0 Å². The van der Waals surface area contributed by atoms with Crippen molar-refractivity contribution in [2.45, 2.75) is 6.04 Å². The molecule has 0 aliphatic carbocycles. The third kappa shape index (κ3) is 1.54. The third-order valence-corrected chi connectivity index (χ3v) is 3.54. The summed E-state index contributed by atoms with van der Waals surface area (Å²) in [5, 5.41) is 2.94. The average molecular weight is 233 g/mol. The van der Waals surface area contributed by atoms with Gasteiger partial charge in [0, 0.05) is 12.7 Å². The summed E-state index contributed by atoms with van der Waals surface area (Å²) >= 11 is 0. The molecule has 2 aliphatic heterocycles. The number of likely N-dealkylation sites (N-methyl/N-ethyl adjacent to an activating group) is 1. The Morgan fingerprint density at radius 2 is 2.29 bits per heavy atom. The lowest BCUT2D eigenvalue weighted by Crippen LogP contribution is -2.40. The van der Waals surface area contributed by atoms with E-state index >= 15 is 0 Å². The van der Waals surface area contributed by atoms with Crippen molar-refractivity contribution in [2.24, 2.45) is 5.92 Å². The van der Waals surface area contributed by atoms with Gasteiger partial charge >= 0.3 is 0 Å². The number of nitrogens with zero attached hydrogens (tertiary/aromatic N) is 1. The van der Waals surface area contributed by atoms with Crippen molar-refractivity contribution in [3.05, 3.63) is 18.2 Å². The Kier molecular flexibility index (Phi) is 2.22. The summed E-state index contributed by atoms with van der Waals surface area (Å²) in [6.45, 7) is 1.08. The second kappa shape index (κ2) is 3.63. The molecule has 5 heteroatoms. The zero-order valence-corrected chi connectivity index (χ0v) is 9.64. The molecule has 2 unspecified atom stereocenters. The maximum atomic E-state index is 12.0. The van der Waals surface area contributed by atoms with E-state index in [0.29, 0.717) is 18.9 Å². The van der Waals surface area contributed by atoms with Gasteiger partial charge in [0.05, 0.1) is 36.5 Å². The van der Waals surface area contributed by atoms with Gasteiger partial charge in [0.25, 0.3) is 0 Å². The molecule has 1 aromatic carbocycles. The van der Waals surface area contributed by atoms with Crippen LogP contribution in [0.1, 0.15) is 0 Å². The Bertz CT molecular complexity index is 475. The van der Waals surface area contributed by atoms with Gasteiger partial charge in [-0.1, -0.05) is 0 Å². The molecule has 1 amide bonds. The monoisotopic (exact) mass is 233 g/mol. The number of hydrogen-bond acceptors (Lipinski definition) is 4. The van der Waals surface area contributed by atoms with Crippen molar-refractivity contribution in [3.63, 3.8) is 0 Å². The van der Waals surface area contributed by atoms with Gasteiger partial charge in [0.2, 0.25) is 5.91 Å². The van der Waals surface area contributed by atoms with E-state index < -0.39 is 0 Å². The molecule has 1 aromatic rings. The number of anilines is 3. The van der Waals surface area contributed by atoms with Gasteiger partial charge in [-0.05, 0) is 18.2 Å². The van der Waals surface area contributed by atoms with Gasteiger partial charge in [-0.2, -0.15) is 0 Å². The van der Waals surface area contributed by atoms with Crippen LogP contribution in [0.2, 0.25) is 0 Å². The van der Waals surface area contributed by atoms with Gasteiger partial charge in [-0.3, -0.25) is 4.79 Å². The molecule has 0 bridgehead atoms. The SMILES string of the molecule is CN1c2cc(N)ccc2NC(=O)C2COCC21. The van der Waals surface area contributed by atoms with Crippen LogP contribution in [0.4, 0.5) is 17.1 Å². The molecule has 17 heavy (non-hydrogen) atoms. The summed E-state index contributed by atoms with van der Waals surface area (Å²) in [7, 11) is 1.98. The van der Waals surface area contributed by atoms with Crippen LogP contribution >= 0.6 is 0 Å². The van der Waals surface area contributed by atoms with E-state index in [9.17, 15) is 4.79 Å². The van der Waals surface area contributed by atoms with Crippen molar-refractivity contribution in [3.8, 4) is 0 Å². The molecule has 90 valence electrons. The van der Waals surface area contributed by atoms with E-state index in [0.717, 1.165) is 11.4 Å². The summed E-state index contributed by atoms with van der Waals surface area (Å²) in [5.41, 5.74) is 8.27. The number of carbonyl (C=O) groups is 1. The minimum atomic E-state index is -0.103. The predicted octanol–water partition coefficient (Wildman–Crippen LogP) is 0.672. The zero-order chi connectivity index (χ0) is 12.0. The topological polar surface area (TPSA) is 67.6 Å². The number of ether oxygens (including phenoxy) is 1. The Balaban J connectivity index is 2.09. The minimum absolute atomic E-state index is 0.0304. The van der Waals surface area contributed by atoms with Crippen molar-refractivity contribution >= 4 is 23.0 Å². The van der Waals surface area contributed by atoms with E-state index in [2.05, 4.69) is 10.2 Å². The zero-order valence-electron chi connectivity index (χ0n) is 9.64. The molecule has 0 aromatic heterocycles. The third-order valence-electron chi connectivity index (χ3n) is 3.54. The van der Waals surface area contributed by atoms with Gasteiger partial charge < -0.3 is 20.7 Å². The van der Waals surface area contributed by atoms with Crippen LogP contribution in [-0.4, -0.2) is 32.2 Å². The van der Waals surface area contributed by atoms with E-state index in [1.54, 1.807) is 6.07 Å². The maximum Gasteiger partial charge on any atom is 0.232 e. The smallest absolute Gasteiger partial charge is 0.232 e. The number of benzene rings is 1. The van der Waals surface area contributed by atoms with Crippen LogP contribution < -0.4 is 16.0 Å². The predicted molar refractivity (Wildman–Crippen MR) is 66.0 cm³/mol. The molecular weight excluding hydrogens is 218 g/mol. The molecule has 1 saturated heterocycles. The lowest BCUT2D eigenvalue weighted by Gasteiger charge is -2.27. The highest BCUT2D eigenvalue weighted by Crippen LogP contribution is 2.35. The molecular formula is C12H15N3O2. The van der Waals surface area contributed by atoms with Gasteiger partial charge in [-0.15, -0.1) is 0 Å². The molecule has 3 rings (SSSR count). The van der Waals surface area contributed by atoms with Crippen molar-refractivity contribution in [2.75, 3.05) is 36.2 Å². The summed E-state index contributed by atoms with van der Waals surface area (Å²) in [4.78, 5) is 14.1. The standard InChI is InChI=1S/C12H15N3O2/c1-15-10-4-7(13)2-3-9(10)14-12(16)8-5-17-6-11(8)15/h2-4,8,11H,5-6,13H2,1H3,(H,14,16). The summed E-state index contributed by atoms with van der Waals surface area (Å²) in [6.07, 6.45) is 0. The van der Waals surface area contributed by atoms with E-state index in [4.69, 9.17) is 10.5 Å². The Hall–Kier alpha value is -1.75. The minimum Gasteiger partial charge on any atom is -0.399 e. The highest BCUT2D eigenvalue weighted by Gasteiger charge is 2.39. The normalized spacial score (nSPS) is 27.1. The first-order valence-corrected chi connectivity index (χ1v) is 5.68. The molecule has 0 radical (unpaired) electrons. The van der Waals surface area contributed by atoms with Crippen LogP contribution in [0.5, 0.6) is 0 Å². The molecule has 1 fully saturated rings. The molecule has 2 aliphatic rings. The Morgan fingerprint density at radius 1 is 1.47 bits per heavy atom. The fraction of sp³-hybridized carbons (Fsp3) is 0.417. The first-order valence-electron chi connectivity index (χ1n) is 5.68. The number of carbonyl (C=O) groups excluding carboxylic acids is 1. The quantitative estimate of drug-likeness (QED) is 0.646. The number of rotatable bonds is 0. The number of nitrogen functional groups attached to an aromatic ring is 1. The first-order chi connectivity index (χ1) is 8.16. The van der Waals surface area contributed by atoms with E-state index in [1.165, 1.54) is 0 Å². The number of amides is 1. The van der Waals surface area contributed by atoms with Crippen LogP contribution in [0.25, 0.3) is 0 Å². The highest BCUT2D eigenvalue weighted by atomic mass is 16.5. The number of fused-ring (bicyclic) bond motifs is 2. The number of hydrogen-bond donors (Lipinski definition) is 2. The van der Waals surface area contributed by atoms with Crippen molar-refractivity contribution in [1.29, 1.82) is 0 Å². The fourth-order valence-electron chi connectivity index (χ4n) is 2.53. The van der Waals surface area contributed by atoms with Crippen LogP contribution in [0.15, 0.2) is 18.2 Å². The molecule has 2 heterocycles. The molecule has 3 N–H and O–H groups in total. The molecule has 0 spiro atoms. The summed E-state index contributed by atoms with van der Waals surface area (Å²) < 4.78 is 5.40. The van der Waals surface area contributed by atoms with Crippen molar-refractivity contribution < 1.29 is 9.53 Å². The second-order valence-electron chi connectivity index (χ2n) is 4.59. The first kappa shape index (κ1) is 10.4. The summed E-state index contributed by atoms with van der Waals surface area (Å²) in [5.74, 6) is -0.0727. The second-order valence-corrected chi connectivity index (χ2v) is 4.59. The lowest BCUT2D eigenvalue weighted by atomic mass is 10.0. The number of nitrogens with two attached hydrogens (primary N) is 1. The fourth-order valence-corrected chi connectivity index (χ4v) is 2.53. The molecule has 2 atom stereocenters. The summed E-state index contributed by atoms with van der Waals surface area (Å²) in [6, 6.07) is 5.63. The van der Waals surface area contributed by atoms with E-state index in [-0.39, 0.29) is 17.9 Å². The van der Waals surface area contributed by atoms with E-state index in [1.807, 2.05) is 19.2 Å².